The van der Waals surface area contributed by atoms with Crippen molar-refractivity contribution in [2.45, 2.75) is 19.1 Å². The minimum atomic E-state index is -1.19. The van der Waals surface area contributed by atoms with Crippen LogP contribution in [0.1, 0.15) is 11.1 Å². The highest BCUT2D eigenvalue weighted by Crippen LogP contribution is 2.19. The minimum absolute atomic E-state index is 0.0452. The lowest BCUT2D eigenvalue weighted by atomic mass is 10.0. The van der Waals surface area contributed by atoms with Crippen molar-refractivity contribution in [1.82, 2.24) is 10.6 Å². The molecule has 0 fully saturated rings. The van der Waals surface area contributed by atoms with E-state index in [1.54, 1.807) is 36.4 Å². The summed E-state index contributed by atoms with van der Waals surface area (Å²) >= 11 is 0. The molecule has 0 heterocycles. The second kappa shape index (κ2) is 10.6. The van der Waals surface area contributed by atoms with Gasteiger partial charge in [-0.2, -0.15) is 0 Å². The number of amides is 2. The number of alkyl carbamates (subject to hydrolysis) is 1. The number of carboxylic acid groups (broad SMARTS) is 1. The minimum Gasteiger partial charge on any atom is -0.496 e. The van der Waals surface area contributed by atoms with Crippen LogP contribution in [0.5, 0.6) is 5.75 Å². The summed E-state index contributed by atoms with van der Waals surface area (Å²) in [4.78, 5) is 35.1. The van der Waals surface area contributed by atoms with Crippen molar-refractivity contribution in [2.75, 3.05) is 13.7 Å². The summed E-state index contributed by atoms with van der Waals surface area (Å²) in [6, 6.07) is 14.9. The molecule has 0 aliphatic heterocycles. The van der Waals surface area contributed by atoms with E-state index >= 15 is 0 Å². The standard InChI is InChI=1S/C20H22N2O6/c1-27-17-10-6-5-9-15(17)11-16(19(24)25)22-18(23)12-21-20(26)28-13-14-7-3-2-4-8-14/h2-10,16H,11-13H2,1H3,(H,21,26)(H,22,23)(H,24,25)/t16-/m1/s1. The van der Waals surface area contributed by atoms with Gasteiger partial charge in [0.05, 0.1) is 7.11 Å². The number of hydrogen-bond donors (Lipinski definition) is 3. The van der Waals surface area contributed by atoms with E-state index in [1.807, 2.05) is 18.2 Å². The van der Waals surface area contributed by atoms with Crippen molar-refractivity contribution in [3.8, 4) is 5.75 Å². The van der Waals surface area contributed by atoms with Crippen LogP contribution in [0, 0.1) is 0 Å². The highest BCUT2D eigenvalue weighted by atomic mass is 16.5. The third kappa shape index (κ3) is 6.64. The first-order valence-electron chi connectivity index (χ1n) is 8.58. The molecule has 1 atom stereocenters. The number of ether oxygens (including phenoxy) is 2. The molecule has 0 unspecified atom stereocenters. The van der Waals surface area contributed by atoms with Crippen molar-refractivity contribution in [3.05, 3.63) is 65.7 Å². The third-order valence-corrected chi connectivity index (χ3v) is 3.86. The lowest BCUT2D eigenvalue weighted by Crippen LogP contribution is -2.46. The van der Waals surface area contributed by atoms with E-state index in [4.69, 9.17) is 9.47 Å². The van der Waals surface area contributed by atoms with E-state index < -0.39 is 30.6 Å². The number of carbonyl (C=O) groups is 3. The smallest absolute Gasteiger partial charge is 0.407 e. The third-order valence-electron chi connectivity index (χ3n) is 3.86. The molecule has 0 bridgehead atoms. The summed E-state index contributed by atoms with van der Waals surface area (Å²) in [5.74, 6) is -1.30. The number of carbonyl (C=O) groups excluding carboxylic acids is 2. The van der Waals surface area contributed by atoms with Crippen LogP contribution in [-0.2, 0) is 27.4 Å². The highest BCUT2D eigenvalue weighted by Gasteiger charge is 2.22. The van der Waals surface area contributed by atoms with Gasteiger partial charge in [0, 0.05) is 6.42 Å². The molecule has 2 aromatic carbocycles. The maximum absolute atomic E-state index is 12.0. The molecule has 8 heteroatoms. The van der Waals surface area contributed by atoms with Crippen molar-refractivity contribution >= 4 is 18.0 Å². The Kier molecular flexibility index (Phi) is 7.83. The fourth-order valence-electron chi connectivity index (χ4n) is 2.46. The summed E-state index contributed by atoms with van der Waals surface area (Å²) in [7, 11) is 1.48. The second-order valence-electron chi connectivity index (χ2n) is 5.89. The van der Waals surface area contributed by atoms with Crippen LogP contribution in [0.4, 0.5) is 4.79 Å². The lowest BCUT2D eigenvalue weighted by molar-refractivity contribution is -0.141. The Hall–Kier alpha value is -3.55. The normalized spacial score (nSPS) is 11.2. The first kappa shape index (κ1) is 20.8. The fraction of sp³-hybridized carbons (Fsp3) is 0.250. The van der Waals surface area contributed by atoms with Gasteiger partial charge in [-0.15, -0.1) is 0 Å². The van der Waals surface area contributed by atoms with E-state index in [1.165, 1.54) is 7.11 Å². The van der Waals surface area contributed by atoms with Crippen molar-refractivity contribution in [1.29, 1.82) is 0 Å². The summed E-state index contributed by atoms with van der Waals surface area (Å²) in [5.41, 5.74) is 1.46. The number of nitrogens with one attached hydrogen (secondary N) is 2. The fourth-order valence-corrected chi connectivity index (χ4v) is 2.46. The van der Waals surface area contributed by atoms with Gasteiger partial charge in [-0.25, -0.2) is 9.59 Å². The van der Waals surface area contributed by atoms with Crippen LogP contribution in [0.2, 0.25) is 0 Å². The Labute approximate surface area is 162 Å². The van der Waals surface area contributed by atoms with Crippen molar-refractivity contribution < 1.29 is 29.0 Å². The number of carboxylic acids is 1. The topological polar surface area (TPSA) is 114 Å². The van der Waals surface area contributed by atoms with Gasteiger partial charge in [-0.3, -0.25) is 4.79 Å². The molecule has 0 aliphatic carbocycles. The largest absolute Gasteiger partial charge is 0.496 e. The zero-order chi connectivity index (χ0) is 20.4. The van der Waals surface area contributed by atoms with Gasteiger partial charge in [0.1, 0.15) is 24.9 Å². The van der Waals surface area contributed by atoms with E-state index in [9.17, 15) is 19.5 Å². The summed E-state index contributed by atoms with van der Waals surface area (Å²) in [5, 5.41) is 14.0. The number of para-hydroxylation sites is 1. The quantitative estimate of drug-likeness (QED) is 0.605. The number of hydrogen-bond acceptors (Lipinski definition) is 5. The first-order chi connectivity index (χ1) is 13.5. The first-order valence-corrected chi connectivity index (χ1v) is 8.58. The van der Waals surface area contributed by atoms with Crippen molar-refractivity contribution in [3.63, 3.8) is 0 Å². The van der Waals surface area contributed by atoms with E-state index in [0.29, 0.717) is 11.3 Å². The molecule has 0 spiro atoms. The highest BCUT2D eigenvalue weighted by molar-refractivity contribution is 5.86. The van der Waals surface area contributed by atoms with Crippen LogP contribution >= 0.6 is 0 Å². The monoisotopic (exact) mass is 386 g/mol. The molecule has 3 N–H and O–H groups in total. The average Bonchev–Trinajstić information content (AvgIpc) is 2.71. The number of benzene rings is 2. The van der Waals surface area contributed by atoms with E-state index in [0.717, 1.165) is 5.56 Å². The molecule has 148 valence electrons. The lowest BCUT2D eigenvalue weighted by Gasteiger charge is -2.16. The molecule has 0 aliphatic rings. The molecular weight excluding hydrogens is 364 g/mol. The summed E-state index contributed by atoms with van der Waals surface area (Å²) in [6.07, 6.45) is -0.723. The molecule has 2 amide bonds. The van der Waals surface area contributed by atoms with Gasteiger partial charge in [0.15, 0.2) is 0 Å². The van der Waals surface area contributed by atoms with E-state index in [-0.39, 0.29) is 13.0 Å². The van der Waals surface area contributed by atoms with Gasteiger partial charge < -0.3 is 25.2 Å². The number of aliphatic carboxylic acids is 1. The Morgan fingerprint density at radius 1 is 1.04 bits per heavy atom. The maximum Gasteiger partial charge on any atom is 0.407 e. The van der Waals surface area contributed by atoms with Crippen LogP contribution < -0.4 is 15.4 Å². The van der Waals surface area contributed by atoms with Crippen molar-refractivity contribution in [2.24, 2.45) is 0 Å². The zero-order valence-corrected chi connectivity index (χ0v) is 15.4. The predicted molar refractivity (Wildman–Crippen MR) is 101 cm³/mol. The molecular formula is C20H22N2O6. The van der Waals surface area contributed by atoms with Crippen LogP contribution in [-0.4, -0.2) is 42.8 Å². The molecule has 2 aromatic rings. The van der Waals surface area contributed by atoms with Gasteiger partial charge in [-0.1, -0.05) is 48.5 Å². The molecule has 0 saturated carbocycles. The SMILES string of the molecule is COc1ccccc1C[C@@H](NC(=O)CNC(=O)OCc1ccccc1)C(=O)O. The molecule has 0 saturated heterocycles. The molecule has 28 heavy (non-hydrogen) atoms. The Bertz CT molecular complexity index is 809. The Morgan fingerprint density at radius 2 is 1.71 bits per heavy atom. The van der Waals surface area contributed by atoms with Gasteiger partial charge in [-0.05, 0) is 17.2 Å². The van der Waals surface area contributed by atoms with Gasteiger partial charge >= 0.3 is 12.1 Å². The van der Waals surface area contributed by atoms with Crippen LogP contribution in [0.25, 0.3) is 0 Å². The predicted octanol–water partition coefficient (Wildman–Crippen LogP) is 1.73. The molecule has 0 aromatic heterocycles. The Morgan fingerprint density at radius 3 is 2.39 bits per heavy atom. The number of methoxy groups -OCH3 is 1. The molecule has 0 radical (unpaired) electrons. The molecule has 8 nitrogen and oxygen atoms in total. The average molecular weight is 386 g/mol. The summed E-state index contributed by atoms with van der Waals surface area (Å²) in [6.45, 7) is -0.330. The Balaban J connectivity index is 1.81. The number of rotatable bonds is 9. The summed E-state index contributed by atoms with van der Waals surface area (Å²) < 4.78 is 10.2. The van der Waals surface area contributed by atoms with Gasteiger partial charge in [0.25, 0.3) is 0 Å². The van der Waals surface area contributed by atoms with Crippen LogP contribution in [0.15, 0.2) is 54.6 Å². The maximum atomic E-state index is 12.0. The second-order valence-corrected chi connectivity index (χ2v) is 5.89. The zero-order valence-electron chi connectivity index (χ0n) is 15.4. The van der Waals surface area contributed by atoms with E-state index in [2.05, 4.69) is 10.6 Å². The van der Waals surface area contributed by atoms with Gasteiger partial charge in [0.2, 0.25) is 5.91 Å². The van der Waals surface area contributed by atoms with Crippen LogP contribution in [0.3, 0.4) is 0 Å². The molecule has 2 rings (SSSR count).